The highest BCUT2D eigenvalue weighted by Gasteiger charge is 2.43. The van der Waals surface area contributed by atoms with E-state index >= 15 is 0 Å². The van der Waals surface area contributed by atoms with E-state index in [-0.39, 0.29) is 12.0 Å². The highest BCUT2D eigenvalue weighted by molar-refractivity contribution is 6.25. The maximum atomic E-state index is 13.3. The van der Waals surface area contributed by atoms with Gasteiger partial charge in [0.2, 0.25) is 5.91 Å². The first-order valence-electron chi connectivity index (χ1n) is 12.6. The molecule has 2 aliphatic heterocycles. The number of anilines is 1. The Morgan fingerprint density at radius 3 is 2.50 bits per heavy atom. The summed E-state index contributed by atoms with van der Waals surface area (Å²) in [5, 5.41) is 5.89. The summed E-state index contributed by atoms with van der Waals surface area (Å²) < 4.78 is 5.46. The number of ether oxygens (including phenoxy) is 1. The van der Waals surface area contributed by atoms with Gasteiger partial charge in [0.05, 0.1) is 11.1 Å². The Hall–Kier alpha value is -3.36. The highest BCUT2D eigenvalue weighted by atomic mass is 16.6. The minimum absolute atomic E-state index is 0.269. The minimum Gasteiger partial charge on any atom is -0.444 e. The third-order valence-electron chi connectivity index (χ3n) is 6.59. The van der Waals surface area contributed by atoms with Gasteiger partial charge in [-0.3, -0.25) is 19.3 Å². The lowest BCUT2D eigenvalue weighted by Gasteiger charge is -2.33. The Labute approximate surface area is 213 Å². The Morgan fingerprint density at radius 2 is 1.89 bits per heavy atom. The fourth-order valence-corrected chi connectivity index (χ4v) is 4.70. The van der Waals surface area contributed by atoms with E-state index in [9.17, 15) is 19.2 Å². The van der Waals surface area contributed by atoms with Gasteiger partial charge < -0.3 is 20.3 Å². The highest BCUT2D eigenvalue weighted by Crippen LogP contribution is 2.32. The molecule has 0 aromatic heterocycles. The van der Waals surface area contributed by atoms with Gasteiger partial charge in [-0.05, 0) is 70.9 Å². The van der Waals surface area contributed by atoms with Gasteiger partial charge in [0.25, 0.3) is 11.8 Å². The molecule has 3 rings (SSSR count). The molecule has 36 heavy (non-hydrogen) atoms. The molecule has 9 nitrogen and oxygen atoms in total. The fraction of sp³-hybridized carbons (Fsp3) is 0.556. The van der Waals surface area contributed by atoms with Gasteiger partial charge >= 0.3 is 6.09 Å². The Balaban J connectivity index is 1.60. The molecular weight excluding hydrogens is 460 g/mol. The van der Waals surface area contributed by atoms with E-state index < -0.39 is 23.5 Å². The van der Waals surface area contributed by atoms with Crippen LogP contribution in [0.2, 0.25) is 0 Å². The number of likely N-dealkylation sites (N-methyl/N-ethyl adjacent to an activating group) is 1. The van der Waals surface area contributed by atoms with Crippen molar-refractivity contribution in [2.75, 3.05) is 32.0 Å². The van der Waals surface area contributed by atoms with Crippen molar-refractivity contribution < 1.29 is 23.9 Å². The second kappa shape index (κ2) is 11.6. The van der Waals surface area contributed by atoms with Gasteiger partial charge in [0.15, 0.2) is 0 Å². The number of piperidine rings is 1. The standard InChI is InChI=1S/C27H38N4O5/c1-6-7-11-21(23(32)28-5)31-24(33)19-9-8-10-20(22(19)25(31)34)29-15-12-18-13-16-30(17-14-18)26(35)36-27(2,3)4/h6,8-10,18,21,29H,1,7,11-17H2,2-5H3,(H,28,32). The molecule has 1 fully saturated rings. The summed E-state index contributed by atoms with van der Waals surface area (Å²) >= 11 is 0. The predicted octanol–water partition coefficient (Wildman–Crippen LogP) is 3.81. The largest absolute Gasteiger partial charge is 0.444 e. The summed E-state index contributed by atoms with van der Waals surface area (Å²) in [6, 6.07) is 4.27. The third-order valence-corrected chi connectivity index (χ3v) is 6.59. The fourth-order valence-electron chi connectivity index (χ4n) is 4.70. The van der Waals surface area contributed by atoms with Gasteiger partial charge in [-0.2, -0.15) is 0 Å². The zero-order valence-electron chi connectivity index (χ0n) is 21.8. The number of hydrogen-bond donors (Lipinski definition) is 2. The van der Waals surface area contributed by atoms with E-state index in [1.165, 1.54) is 7.05 Å². The topological polar surface area (TPSA) is 108 Å². The molecule has 9 heteroatoms. The van der Waals surface area contributed by atoms with Crippen LogP contribution in [0.4, 0.5) is 10.5 Å². The number of carbonyl (C=O) groups excluding carboxylic acids is 4. The SMILES string of the molecule is C=CCCC(C(=O)NC)N1C(=O)c2cccc(NCCC3CCN(C(=O)OC(C)(C)C)CC3)c2C1=O. The van der Waals surface area contributed by atoms with Crippen LogP contribution in [0.5, 0.6) is 0 Å². The Bertz CT molecular complexity index is 1010. The van der Waals surface area contributed by atoms with E-state index in [1.807, 2.05) is 20.8 Å². The molecule has 2 N–H and O–H groups in total. The number of amides is 4. The molecule has 0 radical (unpaired) electrons. The summed E-state index contributed by atoms with van der Waals surface area (Å²) in [5.74, 6) is -0.843. The smallest absolute Gasteiger partial charge is 0.410 e. The van der Waals surface area contributed by atoms with E-state index in [1.54, 1.807) is 29.2 Å². The predicted molar refractivity (Wildman–Crippen MR) is 138 cm³/mol. The Morgan fingerprint density at radius 1 is 1.19 bits per heavy atom. The van der Waals surface area contributed by atoms with Crippen LogP contribution in [0, 0.1) is 5.92 Å². The molecular formula is C27H38N4O5. The van der Waals surface area contributed by atoms with E-state index in [4.69, 9.17) is 4.74 Å². The number of nitrogens with one attached hydrogen (secondary N) is 2. The van der Waals surface area contributed by atoms with Gasteiger partial charge in [-0.1, -0.05) is 12.1 Å². The molecule has 1 unspecified atom stereocenters. The zero-order chi connectivity index (χ0) is 26.5. The number of imide groups is 1. The number of benzene rings is 1. The molecule has 1 aromatic carbocycles. The quantitative estimate of drug-likeness (QED) is 0.396. The summed E-state index contributed by atoms with van der Waals surface area (Å²) in [6.45, 7) is 11.2. The zero-order valence-corrected chi connectivity index (χ0v) is 21.8. The summed E-state index contributed by atoms with van der Waals surface area (Å²) in [5.41, 5.74) is 0.714. The first-order valence-corrected chi connectivity index (χ1v) is 12.6. The number of likely N-dealkylation sites (tertiary alicyclic amines) is 1. The van der Waals surface area contributed by atoms with Crippen LogP contribution < -0.4 is 10.6 Å². The lowest BCUT2D eigenvalue weighted by Crippen LogP contribution is -2.48. The number of rotatable bonds is 9. The number of allylic oxidation sites excluding steroid dienone is 1. The van der Waals surface area contributed by atoms with Crippen LogP contribution in [-0.4, -0.2) is 71.9 Å². The second-order valence-electron chi connectivity index (χ2n) is 10.3. The molecule has 0 bridgehead atoms. The van der Waals surface area contributed by atoms with Crippen molar-refractivity contribution in [2.24, 2.45) is 5.92 Å². The number of nitrogens with zero attached hydrogens (tertiary/aromatic N) is 2. The maximum Gasteiger partial charge on any atom is 0.410 e. The normalized spacial score (nSPS) is 17.0. The lowest BCUT2D eigenvalue weighted by atomic mass is 9.93. The molecule has 4 amide bonds. The van der Waals surface area contributed by atoms with Crippen molar-refractivity contribution in [1.29, 1.82) is 0 Å². The number of hydrogen-bond acceptors (Lipinski definition) is 6. The van der Waals surface area contributed by atoms with E-state index in [0.717, 1.165) is 24.2 Å². The molecule has 0 spiro atoms. The van der Waals surface area contributed by atoms with Crippen molar-refractivity contribution in [3.8, 4) is 0 Å². The van der Waals surface area contributed by atoms with Crippen molar-refractivity contribution in [2.45, 2.75) is 64.5 Å². The average molecular weight is 499 g/mol. The van der Waals surface area contributed by atoms with Crippen LogP contribution in [0.3, 0.4) is 0 Å². The molecule has 1 saturated heterocycles. The monoisotopic (exact) mass is 498 g/mol. The van der Waals surface area contributed by atoms with Gasteiger partial charge in [0.1, 0.15) is 11.6 Å². The van der Waals surface area contributed by atoms with Crippen LogP contribution in [0.1, 0.15) is 73.6 Å². The first-order chi connectivity index (χ1) is 17.1. The molecule has 0 saturated carbocycles. The minimum atomic E-state index is -0.886. The molecule has 1 aromatic rings. The van der Waals surface area contributed by atoms with Crippen LogP contribution in [-0.2, 0) is 9.53 Å². The maximum absolute atomic E-state index is 13.3. The van der Waals surface area contributed by atoms with Crippen molar-refractivity contribution in [3.63, 3.8) is 0 Å². The average Bonchev–Trinajstić information content (AvgIpc) is 3.09. The number of fused-ring (bicyclic) bond motifs is 1. The molecule has 2 heterocycles. The van der Waals surface area contributed by atoms with Gasteiger partial charge in [-0.15, -0.1) is 6.58 Å². The molecule has 2 aliphatic rings. The van der Waals surface area contributed by atoms with Gasteiger partial charge in [0, 0.05) is 32.4 Å². The van der Waals surface area contributed by atoms with Crippen molar-refractivity contribution in [3.05, 3.63) is 42.0 Å². The van der Waals surface area contributed by atoms with E-state index in [0.29, 0.717) is 55.2 Å². The van der Waals surface area contributed by atoms with Crippen molar-refractivity contribution in [1.82, 2.24) is 15.1 Å². The van der Waals surface area contributed by atoms with E-state index in [2.05, 4.69) is 17.2 Å². The lowest BCUT2D eigenvalue weighted by molar-refractivity contribution is -0.124. The second-order valence-corrected chi connectivity index (χ2v) is 10.3. The molecule has 1 atom stereocenters. The van der Waals surface area contributed by atoms with Crippen LogP contribution >= 0.6 is 0 Å². The van der Waals surface area contributed by atoms with Crippen LogP contribution in [0.25, 0.3) is 0 Å². The summed E-state index contributed by atoms with van der Waals surface area (Å²) in [7, 11) is 1.49. The summed E-state index contributed by atoms with van der Waals surface area (Å²) in [6.07, 6.45) is 4.86. The van der Waals surface area contributed by atoms with Gasteiger partial charge in [-0.25, -0.2) is 4.79 Å². The first kappa shape index (κ1) is 27.2. The number of carbonyl (C=O) groups is 4. The molecule has 0 aliphatic carbocycles. The van der Waals surface area contributed by atoms with Crippen molar-refractivity contribution >= 4 is 29.5 Å². The third kappa shape index (κ3) is 6.25. The summed E-state index contributed by atoms with van der Waals surface area (Å²) in [4.78, 5) is 54.0. The Kier molecular flexibility index (Phi) is 8.76. The van der Waals surface area contributed by atoms with Crippen LogP contribution in [0.15, 0.2) is 30.9 Å². The molecule has 196 valence electrons.